The summed E-state index contributed by atoms with van der Waals surface area (Å²) in [5.41, 5.74) is 0.473. The van der Waals surface area contributed by atoms with E-state index in [0.29, 0.717) is 37.0 Å². The van der Waals surface area contributed by atoms with Crippen LogP contribution >= 0.6 is 0 Å². The second kappa shape index (κ2) is 7.74. The van der Waals surface area contributed by atoms with Crippen LogP contribution < -0.4 is 20.1 Å². The molecule has 1 aromatic carbocycles. The van der Waals surface area contributed by atoms with Gasteiger partial charge in [0.25, 0.3) is 0 Å². The normalized spacial score (nSPS) is 23.0. The largest absolute Gasteiger partial charge is 0.486 e. The molecule has 8 nitrogen and oxygen atoms in total. The van der Waals surface area contributed by atoms with Crippen LogP contribution in [0.5, 0.6) is 11.5 Å². The lowest BCUT2D eigenvalue weighted by Crippen LogP contribution is -2.41. The zero-order valence-electron chi connectivity index (χ0n) is 15.1. The minimum Gasteiger partial charge on any atom is -0.486 e. The van der Waals surface area contributed by atoms with Gasteiger partial charge < -0.3 is 29.6 Å². The molecule has 1 spiro atoms. The van der Waals surface area contributed by atoms with Crippen LogP contribution in [-0.2, 0) is 19.1 Å². The van der Waals surface area contributed by atoms with Gasteiger partial charge in [-0.1, -0.05) is 6.42 Å². The molecule has 146 valence electrons. The topological polar surface area (TPSA) is 95.1 Å². The van der Waals surface area contributed by atoms with Crippen LogP contribution in [0.2, 0.25) is 0 Å². The lowest BCUT2D eigenvalue weighted by atomic mass is 9.94. The summed E-state index contributed by atoms with van der Waals surface area (Å²) in [4.78, 5) is 24.2. The lowest BCUT2D eigenvalue weighted by molar-refractivity contribution is -0.186. The van der Waals surface area contributed by atoms with E-state index in [9.17, 15) is 9.59 Å². The van der Waals surface area contributed by atoms with Crippen molar-refractivity contribution in [3.8, 4) is 11.5 Å². The Morgan fingerprint density at radius 1 is 1.04 bits per heavy atom. The standard InChI is InChI=1S/C19H24N2O6/c22-17(20-11-14-12-26-19(27-14)6-2-1-3-7-19)18(23)21-13-4-5-15-16(10-13)25-9-8-24-15/h4-5,10,14H,1-3,6-9,11-12H2,(H,20,22)(H,21,23)/t14-/m0/s1. The minimum absolute atomic E-state index is 0.228. The van der Waals surface area contributed by atoms with Crippen LogP contribution in [0.3, 0.4) is 0 Å². The number of ether oxygens (including phenoxy) is 4. The molecule has 0 aromatic heterocycles. The molecule has 1 aliphatic carbocycles. The molecule has 8 heteroatoms. The van der Waals surface area contributed by atoms with Crippen LogP contribution in [0, 0.1) is 0 Å². The second-order valence-electron chi connectivity index (χ2n) is 7.04. The molecule has 0 bridgehead atoms. The number of amides is 2. The smallest absolute Gasteiger partial charge is 0.313 e. The highest BCUT2D eigenvalue weighted by molar-refractivity contribution is 6.39. The number of rotatable bonds is 3. The Labute approximate surface area is 157 Å². The van der Waals surface area contributed by atoms with E-state index < -0.39 is 17.6 Å². The Hall–Kier alpha value is -2.32. The molecule has 1 atom stereocenters. The summed E-state index contributed by atoms with van der Waals surface area (Å²) < 4.78 is 22.7. The maximum absolute atomic E-state index is 12.1. The van der Waals surface area contributed by atoms with Gasteiger partial charge in [-0.25, -0.2) is 0 Å². The molecule has 0 radical (unpaired) electrons. The van der Waals surface area contributed by atoms with Crippen molar-refractivity contribution in [3.63, 3.8) is 0 Å². The monoisotopic (exact) mass is 376 g/mol. The van der Waals surface area contributed by atoms with Gasteiger partial charge >= 0.3 is 11.8 Å². The van der Waals surface area contributed by atoms with Crippen LogP contribution in [0.4, 0.5) is 5.69 Å². The summed E-state index contributed by atoms with van der Waals surface area (Å²) in [5.74, 6) is -0.760. The van der Waals surface area contributed by atoms with Gasteiger partial charge in [-0.3, -0.25) is 9.59 Å². The van der Waals surface area contributed by atoms with E-state index in [-0.39, 0.29) is 12.6 Å². The molecule has 27 heavy (non-hydrogen) atoms. The molecule has 2 fully saturated rings. The summed E-state index contributed by atoms with van der Waals surface area (Å²) in [6, 6.07) is 5.01. The van der Waals surface area contributed by atoms with E-state index in [0.717, 1.165) is 25.7 Å². The molecule has 1 aromatic rings. The van der Waals surface area contributed by atoms with Gasteiger partial charge in [0.2, 0.25) is 0 Å². The summed E-state index contributed by atoms with van der Waals surface area (Å²) >= 11 is 0. The Bertz CT molecular complexity index is 716. The minimum atomic E-state index is -0.738. The first-order valence-corrected chi connectivity index (χ1v) is 9.44. The first-order chi connectivity index (χ1) is 13.1. The third-order valence-corrected chi connectivity index (χ3v) is 5.03. The molecule has 3 aliphatic rings. The number of hydrogen-bond acceptors (Lipinski definition) is 6. The van der Waals surface area contributed by atoms with Gasteiger partial charge in [0.1, 0.15) is 19.3 Å². The molecular weight excluding hydrogens is 352 g/mol. The molecule has 1 saturated heterocycles. The zero-order valence-corrected chi connectivity index (χ0v) is 15.1. The van der Waals surface area contributed by atoms with Crippen molar-refractivity contribution in [2.75, 3.05) is 31.7 Å². The van der Waals surface area contributed by atoms with Gasteiger partial charge in [0, 0.05) is 31.1 Å². The first kappa shape index (κ1) is 18.1. The van der Waals surface area contributed by atoms with Crippen molar-refractivity contribution >= 4 is 17.5 Å². The predicted octanol–water partition coefficient (Wildman–Crippen LogP) is 1.59. The van der Waals surface area contributed by atoms with E-state index in [1.54, 1.807) is 18.2 Å². The van der Waals surface area contributed by atoms with Crippen molar-refractivity contribution < 1.29 is 28.5 Å². The SMILES string of the molecule is O=C(NC[C@H]1COC2(CCCCC2)O1)C(=O)Nc1ccc2c(c1)OCCO2. The average molecular weight is 376 g/mol. The molecular formula is C19H24N2O6. The Kier molecular flexibility index (Phi) is 5.18. The summed E-state index contributed by atoms with van der Waals surface area (Å²) in [6.45, 7) is 1.63. The van der Waals surface area contributed by atoms with E-state index in [1.165, 1.54) is 6.42 Å². The number of fused-ring (bicyclic) bond motifs is 1. The van der Waals surface area contributed by atoms with Crippen molar-refractivity contribution in [2.24, 2.45) is 0 Å². The van der Waals surface area contributed by atoms with E-state index >= 15 is 0 Å². The zero-order chi connectivity index (χ0) is 18.7. The van der Waals surface area contributed by atoms with Gasteiger partial charge in [0.15, 0.2) is 17.3 Å². The third kappa shape index (κ3) is 4.17. The van der Waals surface area contributed by atoms with Crippen molar-refractivity contribution in [1.29, 1.82) is 0 Å². The molecule has 2 aliphatic heterocycles. The average Bonchev–Trinajstić information content (AvgIpc) is 3.08. The number of anilines is 1. The molecule has 2 amide bonds. The number of nitrogens with one attached hydrogen (secondary N) is 2. The Morgan fingerprint density at radius 3 is 2.63 bits per heavy atom. The van der Waals surface area contributed by atoms with Gasteiger partial charge in [-0.05, 0) is 25.0 Å². The van der Waals surface area contributed by atoms with E-state index in [1.807, 2.05) is 0 Å². The highest BCUT2D eigenvalue weighted by atomic mass is 16.7. The number of carbonyl (C=O) groups is 2. The fraction of sp³-hybridized carbons (Fsp3) is 0.579. The maximum atomic E-state index is 12.1. The van der Waals surface area contributed by atoms with Gasteiger partial charge in [-0.15, -0.1) is 0 Å². The Balaban J connectivity index is 1.25. The van der Waals surface area contributed by atoms with E-state index in [2.05, 4.69) is 10.6 Å². The fourth-order valence-electron chi connectivity index (χ4n) is 3.67. The van der Waals surface area contributed by atoms with Crippen LogP contribution in [-0.4, -0.2) is 50.1 Å². The summed E-state index contributed by atoms with van der Waals surface area (Å²) in [5, 5.41) is 5.18. The molecule has 4 rings (SSSR count). The second-order valence-corrected chi connectivity index (χ2v) is 7.04. The summed E-state index contributed by atoms with van der Waals surface area (Å²) in [6.07, 6.45) is 4.95. The van der Waals surface area contributed by atoms with Gasteiger partial charge in [0.05, 0.1) is 6.61 Å². The third-order valence-electron chi connectivity index (χ3n) is 5.03. The number of hydrogen-bond donors (Lipinski definition) is 2. The Morgan fingerprint density at radius 2 is 1.81 bits per heavy atom. The fourth-order valence-corrected chi connectivity index (χ4v) is 3.67. The number of benzene rings is 1. The quantitative estimate of drug-likeness (QED) is 0.778. The predicted molar refractivity (Wildman–Crippen MR) is 95.7 cm³/mol. The van der Waals surface area contributed by atoms with Crippen LogP contribution in [0.1, 0.15) is 32.1 Å². The molecule has 0 unspecified atom stereocenters. The van der Waals surface area contributed by atoms with Crippen LogP contribution in [0.15, 0.2) is 18.2 Å². The maximum Gasteiger partial charge on any atom is 0.313 e. The number of carbonyl (C=O) groups excluding carboxylic acids is 2. The van der Waals surface area contributed by atoms with Crippen molar-refractivity contribution in [2.45, 2.75) is 44.0 Å². The molecule has 1 saturated carbocycles. The van der Waals surface area contributed by atoms with Crippen molar-refractivity contribution in [1.82, 2.24) is 5.32 Å². The van der Waals surface area contributed by atoms with Gasteiger partial charge in [-0.2, -0.15) is 0 Å². The molecule has 2 N–H and O–H groups in total. The van der Waals surface area contributed by atoms with Crippen LogP contribution in [0.25, 0.3) is 0 Å². The lowest BCUT2D eigenvalue weighted by Gasteiger charge is -2.31. The molecule has 2 heterocycles. The highest BCUT2D eigenvalue weighted by Gasteiger charge is 2.42. The summed E-state index contributed by atoms with van der Waals surface area (Å²) in [7, 11) is 0. The first-order valence-electron chi connectivity index (χ1n) is 9.44. The van der Waals surface area contributed by atoms with Crippen molar-refractivity contribution in [3.05, 3.63) is 18.2 Å². The highest BCUT2D eigenvalue weighted by Crippen LogP contribution is 2.37. The van der Waals surface area contributed by atoms with E-state index in [4.69, 9.17) is 18.9 Å².